The molecule has 1 aromatic rings. The third kappa shape index (κ3) is 2.26. The molecule has 0 fully saturated rings. The maximum atomic E-state index is 12.3. The van der Waals surface area contributed by atoms with Gasteiger partial charge in [0, 0.05) is 12.2 Å². The Labute approximate surface area is 74.8 Å². The number of aryl methyl sites for hydroxylation is 2. The molecule has 0 aromatic carbocycles. The van der Waals surface area contributed by atoms with Crippen LogP contribution in [0.4, 0.5) is 12.9 Å². The Morgan fingerprint density at radius 2 is 2.08 bits per heavy atom. The van der Waals surface area contributed by atoms with Crippen molar-refractivity contribution in [3.05, 3.63) is 11.9 Å². The number of hydrogen-bond acceptors (Lipinski definition) is 1. The molecule has 1 aromatic heterocycles. The third-order valence-electron chi connectivity index (χ3n) is 1.79. The van der Waals surface area contributed by atoms with Gasteiger partial charge in [-0.25, -0.2) is 0 Å². The first-order valence-corrected chi connectivity index (χ1v) is 4.19. The summed E-state index contributed by atoms with van der Waals surface area (Å²) in [6.45, 7) is -1.09. The first-order valence-electron chi connectivity index (χ1n) is 4.19. The van der Waals surface area contributed by atoms with Gasteiger partial charge >= 0.3 is 6.98 Å². The standard InChI is InChI=1S/C7H11BF3N2/c1-3-4-13-5-7(6(2)12-13)8(9,10)11/h5H,3-4H2,1-2H3/q-1. The van der Waals surface area contributed by atoms with E-state index in [1.54, 1.807) is 0 Å². The second kappa shape index (κ2) is 3.43. The molecule has 1 rings (SSSR count). The van der Waals surface area contributed by atoms with E-state index in [1.165, 1.54) is 11.6 Å². The largest absolute Gasteiger partial charge is 0.512 e. The van der Waals surface area contributed by atoms with Gasteiger partial charge in [-0.05, 0) is 19.5 Å². The normalized spacial score (nSPS) is 12.1. The van der Waals surface area contributed by atoms with Crippen LogP contribution < -0.4 is 5.46 Å². The molecule has 0 aliphatic rings. The highest BCUT2D eigenvalue weighted by atomic mass is 19.4. The highest BCUT2D eigenvalue weighted by Crippen LogP contribution is 2.10. The van der Waals surface area contributed by atoms with E-state index in [0.717, 1.165) is 12.6 Å². The Morgan fingerprint density at radius 1 is 1.46 bits per heavy atom. The van der Waals surface area contributed by atoms with Crippen LogP contribution >= 0.6 is 0 Å². The lowest BCUT2D eigenvalue weighted by molar-refractivity contribution is 0.500. The average Bonchev–Trinajstić information content (AvgIpc) is 2.30. The lowest BCUT2D eigenvalue weighted by Crippen LogP contribution is -2.34. The van der Waals surface area contributed by atoms with Gasteiger partial charge < -0.3 is 12.9 Å². The van der Waals surface area contributed by atoms with Crippen molar-refractivity contribution in [2.24, 2.45) is 0 Å². The van der Waals surface area contributed by atoms with Gasteiger partial charge in [0.25, 0.3) is 0 Å². The van der Waals surface area contributed by atoms with E-state index >= 15 is 0 Å². The van der Waals surface area contributed by atoms with Crippen LogP contribution in [0.5, 0.6) is 0 Å². The molecule has 0 radical (unpaired) electrons. The van der Waals surface area contributed by atoms with Crippen molar-refractivity contribution in [2.75, 3.05) is 0 Å². The summed E-state index contributed by atoms with van der Waals surface area (Å²) >= 11 is 0. The number of rotatable bonds is 3. The van der Waals surface area contributed by atoms with Crippen LogP contribution in [0.25, 0.3) is 0 Å². The van der Waals surface area contributed by atoms with E-state index in [4.69, 9.17) is 0 Å². The Kier molecular flexibility index (Phi) is 2.68. The maximum absolute atomic E-state index is 12.3. The van der Waals surface area contributed by atoms with Crippen LogP contribution in [-0.4, -0.2) is 16.8 Å². The van der Waals surface area contributed by atoms with Gasteiger partial charge in [0.2, 0.25) is 0 Å². The Morgan fingerprint density at radius 3 is 2.46 bits per heavy atom. The minimum absolute atomic E-state index is 0.0703. The van der Waals surface area contributed by atoms with Crippen LogP contribution in [0.3, 0.4) is 0 Å². The second-order valence-electron chi connectivity index (χ2n) is 3.01. The fourth-order valence-corrected chi connectivity index (χ4v) is 1.20. The van der Waals surface area contributed by atoms with Gasteiger partial charge in [0.1, 0.15) is 0 Å². The summed E-state index contributed by atoms with van der Waals surface area (Å²) < 4.78 is 38.3. The van der Waals surface area contributed by atoms with Crippen LogP contribution in [-0.2, 0) is 6.54 Å². The lowest BCUT2D eigenvalue weighted by atomic mass is 9.81. The smallest absolute Gasteiger partial charge is 0.445 e. The molecule has 74 valence electrons. The average molecular weight is 191 g/mol. The van der Waals surface area contributed by atoms with Crippen molar-refractivity contribution in [1.29, 1.82) is 0 Å². The van der Waals surface area contributed by atoms with Gasteiger partial charge in [-0.3, -0.25) is 4.68 Å². The Bertz CT molecular complexity index is 292. The first kappa shape index (κ1) is 10.1. The van der Waals surface area contributed by atoms with E-state index in [-0.39, 0.29) is 5.69 Å². The Balaban J connectivity index is 2.96. The Hall–Kier alpha value is -0.935. The van der Waals surface area contributed by atoms with E-state index in [2.05, 4.69) is 5.10 Å². The zero-order chi connectivity index (χ0) is 10.1. The fourth-order valence-electron chi connectivity index (χ4n) is 1.20. The molecular weight excluding hydrogens is 180 g/mol. The van der Waals surface area contributed by atoms with Crippen molar-refractivity contribution in [2.45, 2.75) is 26.8 Å². The summed E-state index contributed by atoms with van der Waals surface area (Å²) in [6.07, 6.45) is 1.87. The van der Waals surface area contributed by atoms with Gasteiger partial charge in [-0.15, -0.1) is 0 Å². The molecule has 0 aliphatic heterocycles. The topological polar surface area (TPSA) is 17.8 Å². The van der Waals surface area contributed by atoms with Gasteiger partial charge in [-0.1, -0.05) is 12.4 Å². The predicted octanol–water partition coefficient (Wildman–Crippen LogP) is 1.66. The van der Waals surface area contributed by atoms with Crippen molar-refractivity contribution >= 4 is 12.4 Å². The van der Waals surface area contributed by atoms with Crippen LogP contribution in [0, 0.1) is 6.92 Å². The number of nitrogens with zero attached hydrogens (tertiary/aromatic N) is 2. The lowest BCUT2D eigenvalue weighted by Gasteiger charge is -2.11. The summed E-state index contributed by atoms with van der Waals surface area (Å²) in [7, 11) is 0. The molecule has 1 heterocycles. The van der Waals surface area contributed by atoms with Crippen molar-refractivity contribution in [3.8, 4) is 0 Å². The third-order valence-corrected chi connectivity index (χ3v) is 1.79. The number of hydrogen-bond donors (Lipinski definition) is 0. The highest BCUT2D eigenvalue weighted by molar-refractivity contribution is 6.73. The summed E-state index contributed by atoms with van der Waals surface area (Å²) in [5.41, 5.74) is -0.505. The minimum Gasteiger partial charge on any atom is -0.445 e. The molecule has 0 spiro atoms. The van der Waals surface area contributed by atoms with Crippen LogP contribution in [0.2, 0.25) is 0 Å². The minimum atomic E-state index is -4.91. The molecule has 13 heavy (non-hydrogen) atoms. The van der Waals surface area contributed by atoms with Gasteiger partial charge in [-0.2, -0.15) is 5.10 Å². The zero-order valence-electron chi connectivity index (χ0n) is 7.60. The first-order chi connectivity index (χ1) is 5.95. The monoisotopic (exact) mass is 191 g/mol. The van der Waals surface area contributed by atoms with E-state index in [1.807, 2.05) is 6.92 Å². The molecule has 0 amide bonds. The molecule has 6 heteroatoms. The van der Waals surface area contributed by atoms with E-state index in [9.17, 15) is 12.9 Å². The molecule has 0 N–H and O–H groups in total. The maximum Gasteiger partial charge on any atom is 0.512 e. The van der Waals surface area contributed by atoms with Crippen molar-refractivity contribution in [3.63, 3.8) is 0 Å². The molecule has 0 atom stereocenters. The molecule has 0 saturated carbocycles. The summed E-state index contributed by atoms with van der Waals surface area (Å²) in [5.74, 6) is 0. The predicted molar refractivity (Wildman–Crippen MR) is 46.0 cm³/mol. The van der Waals surface area contributed by atoms with Crippen LogP contribution in [0.1, 0.15) is 19.0 Å². The summed E-state index contributed by atoms with van der Waals surface area (Å²) in [4.78, 5) is 0. The molecule has 0 bridgehead atoms. The summed E-state index contributed by atoms with van der Waals surface area (Å²) in [5, 5.41) is 3.78. The van der Waals surface area contributed by atoms with Gasteiger partial charge in [0.05, 0.1) is 0 Å². The fraction of sp³-hybridized carbons (Fsp3) is 0.571. The van der Waals surface area contributed by atoms with Gasteiger partial charge in [0.15, 0.2) is 0 Å². The quantitative estimate of drug-likeness (QED) is 0.664. The van der Waals surface area contributed by atoms with E-state index < -0.39 is 12.4 Å². The SMILES string of the molecule is CCCn1cc([B-](F)(F)F)c(C)n1. The van der Waals surface area contributed by atoms with Crippen LogP contribution in [0.15, 0.2) is 6.20 Å². The number of halogens is 3. The van der Waals surface area contributed by atoms with Crippen molar-refractivity contribution < 1.29 is 12.9 Å². The molecule has 2 nitrogen and oxygen atoms in total. The molecule has 0 saturated heterocycles. The molecular formula is C7H11BF3N2-. The summed E-state index contributed by atoms with van der Waals surface area (Å²) in [6, 6.07) is 0. The number of aromatic nitrogens is 2. The van der Waals surface area contributed by atoms with Crippen molar-refractivity contribution in [1.82, 2.24) is 9.78 Å². The second-order valence-corrected chi connectivity index (χ2v) is 3.01. The van der Waals surface area contributed by atoms with E-state index in [0.29, 0.717) is 6.54 Å². The zero-order valence-corrected chi connectivity index (χ0v) is 7.60. The highest BCUT2D eigenvalue weighted by Gasteiger charge is 2.29. The molecule has 0 aliphatic carbocycles. The molecule has 0 unspecified atom stereocenters.